The number of anilines is 2. The molecular formula is C23H14Br2F2N4O3. The molecule has 3 amide bonds. The lowest BCUT2D eigenvalue weighted by atomic mass is 10.2. The molecule has 1 heterocycles. The van der Waals surface area contributed by atoms with Gasteiger partial charge in [-0.1, -0.05) is 31.9 Å². The number of fused-ring (bicyclic) bond motifs is 1. The first-order chi connectivity index (χ1) is 16.2. The number of carbonyl (C=O) groups is 3. The van der Waals surface area contributed by atoms with E-state index in [9.17, 15) is 23.2 Å². The summed E-state index contributed by atoms with van der Waals surface area (Å²) < 4.78 is 29.6. The second-order valence-corrected chi connectivity index (χ2v) is 8.88. The Morgan fingerprint density at radius 2 is 1.44 bits per heavy atom. The van der Waals surface area contributed by atoms with Gasteiger partial charge in [0.25, 0.3) is 5.91 Å². The Kier molecular flexibility index (Phi) is 6.75. The number of amides is 3. The van der Waals surface area contributed by atoms with Gasteiger partial charge in [-0.05, 0) is 66.7 Å². The number of rotatable bonds is 4. The Balaban J connectivity index is 1.62. The van der Waals surface area contributed by atoms with E-state index in [4.69, 9.17) is 0 Å². The largest absolute Gasteiger partial charge is 0.328 e. The monoisotopic (exact) mass is 590 g/mol. The first-order valence-electron chi connectivity index (χ1n) is 9.66. The third-order valence-electron chi connectivity index (χ3n) is 4.70. The Morgan fingerprint density at radius 1 is 0.765 bits per heavy atom. The van der Waals surface area contributed by atoms with Crippen molar-refractivity contribution in [1.29, 1.82) is 0 Å². The quantitative estimate of drug-likeness (QED) is 0.277. The fourth-order valence-corrected chi connectivity index (χ4v) is 3.84. The maximum atomic E-state index is 14.0. The second kappa shape index (κ2) is 9.74. The fourth-order valence-electron chi connectivity index (χ4n) is 3.12. The van der Waals surface area contributed by atoms with Gasteiger partial charge in [0.05, 0.1) is 11.2 Å². The molecule has 3 aromatic carbocycles. The molecule has 172 valence electrons. The SMILES string of the molecule is O=C(Nc1ccc(Br)cc1F)C(=O)Nn1c(C(=O)Nc2ccc(F)cc2)cc2cc(Br)ccc21. The number of hydrogen-bond acceptors (Lipinski definition) is 3. The van der Waals surface area contributed by atoms with Crippen molar-refractivity contribution < 1.29 is 23.2 Å². The summed E-state index contributed by atoms with van der Waals surface area (Å²) in [7, 11) is 0. The maximum Gasteiger partial charge on any atom is 0.328 e. The van der Waals surface area contributed by atoms with Crippen LogP contribution in [0.3, 0.4) is 0 Å². The molecule has 3 N–H and O–H groups in total. The van der Waals surface area contributed by atoms with Crippen LogP contribution in [0.1, 0.15) is 10.5 Å². The Labute approximate surface area is 208 Å². The molecule has 0 atom stereocenters. The minimum atomic E-state index is -1.13. The molecule has 0 aliphatic rings. The van der Waals surface area contributed by atoms with Gasteiger partial charge in [-0.15, -0.1) is 0 Å². The van der Waals surface area contributed by atoms with E-state index in [-0.39, 0.29) is 11.4 Å². The molecular weight excluding hydrogens is 578 g/mol. The number of nitrogens with zero attached hydrogens (tertiary/aromatic N) is 1. The Morgan fingerprint density at radius 3 is 2.15 bits per heavy atom. The van der Waals surface area contributed by atoms with E-state index in [1.165, 1.54) is 42.5 Å². The van der Waals surface area contributed by atoms with Gasteiger partial charge in [-0.2, -0.15) is 0 Å². The van der Waals surface area contributed by atoms with Crippen molar-refractivity contribution in [2.24, 2.45) is 0 Å². The predicted octanol–water partition coefficient (Wildman–Crippen LogP) is 5.41. The first-order valence-corrected chi connectivity index (χ1v) is 11.2. The number of aromatic nitrogens is 1. The average Bonchev–Trinajstić information content (AvgIpc) is 3.14. The van der Waals surface area contributed by atoms with Crippen molar-refractivity contribution >= 4 is 71.9 Å². The minimum absolute atomic E-state index is 0.00778. The molecule has 0 aliphatic heterocycles. The highest BCUT2D eigenvalue weighted by atomic mass is 79.9. The van der Waals surface area contributed by atoms with Gasteiger partial charge in [0.2, 0.25) is 0 Å². The lowest BCUT2D eigenvalue weighted by Crippen LogP contribution is -2.36. The van der Waals surface area contributed by atoms with Gasteiger partial charge in [0, 0.05) is 20.0 Å². The maximum absolute atomic E-state index is 14.0. The van der Waals surface area contributed by atoms with Crippen LogP contribution < -0.4 is 16.1 Å². The fraction of sp³-hybridized carbons (Fsp3) is 0. The molecule has 0 unspecified atom stereocenters. The third-order valence-corrected chi connectivity index (χ3v) is 5.68. The number of benzene rings is 3. The zero-order valence-electron chi connectivity index (χ0n) is 17.0. The van der Waals surface area contributed by atoms with E-state index >= 15 is 0 Å². The molecule has 0 spiro atoms. The number of halogens is 4. The Hall–Kier alpha value is -3.57. The van der Waals surface area contributed by atoms with E-state index in [1.807, 2.05) is 0 Å². The smallest absolute Gasteiger partial charge is 0.321 e. The molecule has 4 rings (SSSR count). The van der Waals surface area contributed by atoms with Crippen LogP contribution >= 0.6 is 31.9 Å². The van der Waals surface area contributed by atoms with Crippen LogP contribution in [0.4, 0.5) is 20.2 Å². The van der Waals surface area contributed by atoms with Gasteiger partial charge >= 0.3 is 11.8 Å². The summed E-state index contributed by atoms with van der Waals surface area (Å²) in [6, 6.07) is 15.7. The zero-order valence-corrected chi connectivity index (χ0v) is 20.2. The molecule has 0 saturated heterocycles. The highest BCUT2D eigenvalue weighted by Crippen LogP contribution is 2.24. The first kappa shape index (κ1) is 23.6. The molecule has 4 aromatic rings. The molecule has 0 bridgehead atoms. The molecule has 1 aromatic heterocycles. The Bertz CT molecular complexity index is 1440. The van der Waals surface area contributed by atoms with Gasteiger partial charge in [-0.3, -0.25) is 19.8 Å². The molecule has 0 aliphatic carbocycles. The van der Waals surface area contributed by atoms with E-state index in [1.54, 1.807) is 18.2 Å². The topological polar surface area (TPSA) is 92.2 Å². The summed E-state index contributed by atoms with van der Waals surface area (Å²) in [5.41, 5.74) is 2.97. The minimum Gasteiger partial charge on any atom is -0.321 e. The molecule has 0 radical (unpaired) electrons. The number of carbonyl (C=O) groups excluding carboxylic acids is 3. The average molecular weight is 592 g/mol. The van der Waals surface area contributed by atoms with Crippen LogP contribution in [0.2, 0.25) is 0 Å². The number of nitrogens with one attached hydrogen (secondary N) is 3. The lowest BCUT2D eigenvalue weighted by Gasteiger charge is -2.13. The highest BCUT2D eigenvalue weighted by Gasteiger charge is 2.22. The van der Waals surface area contributed by atoms with Crippen LogP contribution in [-0.4, -0.2) is 22.4 Å². The van der Waals surface area contributed by atoms with Crippen molar-refractivity contribution in [1.82, 2.24) is 4.68 Å². The summed E-state index contributed by atoms with van der Waals surface area (Å²) in [5, 5.41) is 5.40. The van der Waals surface area contributed by atoms with E-state index in [0.29, 0.717) is 21.1 Å². The van der Waals surface area contributed by atoms with E-state index in [2.05, 4.69) is 47.9 Å². The summed E-state index contributed by atoms with van der Waals surface area (Å²) >= 11 is 6.46. The van der Waals surface area contributed by atoms with Gasteiger partial charge in [0.1, 0.15) is 17.3 Å². The summed E-state index contributed by atoms with van der Waals surface area (Å²) in [5.74, 6) is -4.06. The number of hydrogen-bond donors (Lipinski definition) is 3. The lowest BCUT2D eigenvalue weighted by molar-refractivity contribution is -0.133. The van der Waals surface area contributed by atoms with Crippen LogP contribution in [0.25, 0.3) is 10.9 Å². The van der Waals surface area contributed by atoms with Crippen LogP contribution in [0.15, 0.2) is 75.7 Å². The van der Waals surface area contributed by atoms with Crippen molar-refractivity contribution in [3.63, 3.8) is 0 Å². The van der Waals surface area contributed by atoms with Crippen molar-refractivity contribution in [2.45, 2.75) is 0 Å². The molecule has 11 heteroatoms. The normalized spacial score (nSPS) is 10.7. The van der Waals surface area contributed by atoms with Crippen LogP contribution in [0, 0.1) is 11.6 Å². The van der Waals surface area contributed by atoms with Crippen molar-refractivity contribution in [3.05, 3.63) is 93.0 Å². The van der Waals surface area contributed by atoms with E-state index in [0.717, 1.165) is 15.2 Å². The molecule has 7 nitrogen and oxygen atoms in total. The standard InChI is InChI=1S/C23H14Br2F2N4O3/c24-13-2-8-19-12(9-13)10-20(21(32)28-16-5-3-15(26)4-6-16)31(19)30-23(34)22(33)29-18-7-1-14(25)11-17(18)27/h1-11H,(H,28,32)(H,29,33)(H,30,34). The van der Waals surface area contributed by atoms with Gasteiger partial charge < -0.3 is 10.6 Å². The third kappa shape index (κ3) is 5.15. The molecule has 34 heavy (non-hydrogen) atoms. The van der Waals surface area contributed by atoms with E-state index < -0.39 is 29.4 Å². The zero-order chi connectivity index (χ0) is 24.4. The van der Waals surface area contributed by atoms with Crippen molar-refractivity contribution in [2.75, 3.05) is 16.1 Å². The molecule has 0 fully saturated rings. The second-order valence-electron chi connectivity index (χ2n) is 7.05. The van der Waals surface area contributed by atoms with Crippen LogP contribution in [0.5, 0.6) is 0 Å². The van der Waals surface area contributed by atoms with Crippen molar-refractivity contribution in [3.8, 4) is 0 Å². The molecule has 0 saturated carbocycles. The van der Waals surface area contributed by atoms with Crippen LogP contribution in [-0.2, 0) is 9.59 Å². The summed E-state index contributed by atoms with van der Waals surface area (Å²) in [4.78, 5) is 38.0. The van der Waals surface area contributed by atoms with Gasteiger partial charge in [0.15, 0.2) is 0 Å². The van der Waals surface area contributed by atoms with Gasteiger partial charge in [-0.25, -0.2) is 13.5 Å². The predicted molar refractivity (Wildman–Crippen MR) is 131 cm³/mol. The summed E-state index contributed by atoms with van der Waals surface area (Å²) in [6.07, 6.45) is 0. The summed E-state index contributed by atoms with van der Waals surface area (Å²) in [6.45, 7) is 0. The highest BCUT2D eigenvalue weighted by molar-refractivity contribution is 9.10.